The van der Waals surface area contributed by atoms with Crippen LogP contribution in [0.5, 0.6) is 0 Å². The molecule has 0 heterocycles. The van der Waals surface area contributed by atoms with Gasteiger partial charge in [-0.2, -0.15) is 0 Å². The Labute approximate surface area is 127 Å². The molecule has 0 saturated heterocycles. The highest BCUT2D eigenvalue weighted by Crippen LogP contribution is 2.27. The zero-order valence-electron chi connectivity index (χ0n) is 11.5. The number of urea groups is 1. The van der Waals surface area contributed by atoms with E-state index in [2.05, 4.69) is 5.32 Å². The number of carboxylic acids is 1. The number of carbonyl (C=O) groups excluding carboxylic acids is 1. The van der Waals surface area contributed by atoms with E-state index in [-0.39, 0.29) is 22.7 Å². The number of benzene rings is 1. The molecule has 0 radical (unpaired) electrons. The molecular formula is C14H17ClN2O4. The number of hydrogen-bond acceptors (Lipinski definition) is 3. The number of aromatic carboxylic acids is 1. The molecule has 1 aromatic carbocycles. The van der Waals surface area contributed by atoms with Crippen LogP contribution in [-0.2, 0) is 0 Å². The molecule has 1 saturated carbocycles. The highest BCUT2D eigenvalue weighted by Gasteiger charge is 2.29. The molecule has 3 N–H and O–H groups in total. The number of halogens is 1. The average molecular weight is 313 g/mol. The molecule has 0 aromatic heterocycles. The summed E-state index contributed by atoms with van der Waals surface area (Å²) in [4.78, 5) is 24.5. The number of carboxylic acid groups (broad SMARTS) is 1. The van der Waals surface area contributed by atoms with E-state index in [1.54, 1.807) is 7.05 Å². The third kappa shape index (κ3) is 4.09. The van der Waals surface area contributed by atoms with Crippen LogP contribution in [0.25, 0.3) is 0 Å². The Balaban J connectivity index is 1.97. The maximum absolute atomic E-state index is 12.0. The van der Waals surface area contributed by atoms with Crippen molar-refractivity contribution < 1.29 is 19.8 Å². The molecule has 1 aliphatic carbocycles. The number of aliphatic hydroxyl groups excluding tert-OH is 1. The Hall–Kier alpha value is -1.79. The van der Waals surface area contributed by atoms with E-state index < -0.39 is 5.97 Å². The van der Waals surface area contributed by atoms with Crippen molar-refractivity contribution >= 4 is 29.3 Å². The Kier molecular flexibility index (Phi) is 4.69. The lowest BCUT2D eigenvalue weighted by molar-refractivity contribution is 0.0332. The fourth-order valence-corrected chi connectivity index (χ4v) is 2.56. The summed E-state index contributed by atoms with van der Waals surface area (Å²) in [5, 5.41) is 21.0. The second-order valence-corrected chi connectivity index (χ2v) is 5.77. The SMILES string of the molecule is CN(CC1CC(O)C1)C(=O)Nc1cc(Cl)cc(C(=O)O)c1. The van der Waals surface area contributed by atoms with E-state index in [1.807, 2.05) is 0 Å². The number of nitrogens with one attached hydrogen (secondary N) is 1. The monoisotopic (exact) mass is 312 g/mol. The van der Waals surface area contributed by atoms with Gasteiger partial charge in [0.15, 0.2) is 0 Å². The van der Waals surface area contributed by atoms with Crippen LogP contribution in [0.1, 0.15) is 23.2 Å². The molecule has 0 unspecified atom stereocenters. The predicted molar refractivity (Wildman–Crippen MR) is 78.8 cm³/mol. The summed E-state index contributed by atoms with van der Waals surface area (Å²) in [5.74, 6) is -0.797. The molecule has 2 rings (SSSR count). The highest BCUT2D eigenvalue weighted by atomic mass is 35.5. The maximum Gasteiger partial charge on any atom is 0.335 e. The molecule has 0 bridgehead atoms. The lowest BCUT2D eigenvalue weighted by Gasteiger charge is -2.34. The van der Waals surface area contributed by atoms with E-state index in [1.165, 1.54) is 23.1 Å². The average Bonchev–Trinajstić information content (AvgIpc) is 2.35. The maximum atomic E-state index is 12.0. The van der Waals surface area contributed by atoms with Crippen molar-refractivity contribution in [1.82, 2.24) is 4.90 Å². The van der Waals surface area contributed by atoms with Crippen LogP contribution in [0, 0.1) is 5.92 Å². The van der Waals surface area contributed by atoms with Gasteiger partial charge in [0.25, 0.3) is 0 Å². The van der Waals surface area contributed by atoms with Crippen LogP contribution >= 0.6 is 11.6 Å². The third-order valence-corrected chi connectivity index (χ3v) is 3.70. The van der Waals surface area contributed by atoms with Crippen LogP contribution < -0.4 is 5.32 Å². The minimum atomic E-state index is -1.11. The van der Waals surface area contributed by atoms with Crippen molar-refractivity contribution in [2.45, 2.75) is 18.9 Å². The van der Waals surface area contributed by atoms with Crippen molar-refractivity contribution in [3.8, 4) is 0 Å². The van der Waals surface area contributed by atoms with E-state index in [0.29, 0.717) is 31.0 Å². The molecular weight excluding hydrogens is 296 g/mol. The number of aliphatic hydroxyl groups is 1. The fourth-order valence-electron chi connectivity index (χ4n) is 2.32. The van der Waals surface area contributed by atoms with Crippen LogP contribution in [0.2, 0.25) is 5.02 Å². The van der Waals surface area contributed by atoms with Gasteiger partial charge in [0.1, 0.15) is 0 Å². The Bertz CT molecular complexity index is 558. The summed E-state index contributed by atoms with van der Waals surface area (Å²) in [6.07, 6.45) is 1.16. The Morgan fingerprint density at radius 1 is 1.38 bits per heavy atom. The summed E-state index contributed by atoms with van der Waals surface area (Å²) in [5.41, 5.74) is 0.355. The van der Waals surface area contributed by atoms with Gasteiger partial charge in [-0.3, -0.25) is 0 Å². The van der Waals surface area contributed by atoms with Gasteiger partial charge in [0, 0.05) is 24.3 Å². The molecule has 7 heteroatoms. The normalized spacial score (nSPS) is 20.5. The lowest BCUT2D eigenvalue weighted by atomic mass is 9.82. The molecule has 1 aromatic rings. The first-order valence-electron chi connectivity index (χ1n) is 6.59. The van der Waals surface area contributed by atoms with Gasteiger partial charge < -0.3 is 20.4 Å². The van der Waals surface area contributed by atoms with E-state index in [9.17, 15) is 14.7 Å². The minimum absolute atomic E-state index is 0.0163. The first-order chi connectivity index (χ1) is 9.85. The zero-order chi connectivity index (χ0) is 15.6. The molecule has 2 amide bonds. The summed E-state index contributed by atoms with van der Waals surface area (Å²) in [6, 6.07) is 3.83. The summed E-state index contributed by atoms with van der Waals surface area (Å²) >= 11 is 5.83. The van der Waals surface area contributed by atoms with Gasteiger partial charge in [-0.25, -0.2) is 9.59 Å². The molecule has 0 atom stereocenters. The second kappa shape index (κ2) is 6.32. The van der Waals surface area contributed by atoms with Gasteiger partial charge in [0.05, 0.1) is 11.7 Å². The molecule has 0 aliphatic heterocycles. The second-order valence-electron chi connectivity index (χ2n) is 5.34. The van der Waals surface area contributed by atoms with Crippen molar-refractivity contribution in [1.29, 1.82) is 0 Å². The summed E-state index contributed by atoms with van der Waals surface area (Å²) < 4.78 is 0. The standard InChI is InChI=1S/C14H17ClN2O4/c1-17(7-8-2-12(18)3-8)14(21)16-11-5-9(13(19)20)4-10(15)6-11/h4-6,8,12,18H,2-3,7H2,1H3,(H,16,21)(H,19,20). The van der Waals surface area contributed by atoms with E-state index in [0.717, 1.165) is 0 Å². The number of hydrogen-bond donors (Lipinski definition) is 3. The summed E-state index contributed by atoms with van der Waals surface area (Å²) in [7, 11) is 1.66. The molecule has 1 fully saturated rings. The first kappa shape index (κ1) is 15.6. The van der Waals surface area contributed by atoms with Gasteiger partial charge in [-0.1, -0.05) is 11.6 Å². The van der Waals surface area contributed by atoms with Gasteiger partial charge in [0.2, 0.25) is 0 Å². The molecule has 6 nitrogen and oxygen atoms in total. The van der Waals surface area contributed by atoms with Crippen LogP contribution in [0.4, 0.5) is 10.5 Å². The third-order valence-electron chi connectivity index (χ3n) is 3.49. The van der Waals surface area contributed by atoms with Gasteiger partial charge >= 0.3 is 12.0 Å². The predicted octanol–water partition coefficient (Wildman–Crippen LogP) is 2.27. The minimum Gasteiger partial charge on any atom is -0.478 e. The quantitative estimate of drug-likeness (QED) is 0.795. The Morgan fingerprint density at radius 2 is 2.05 bits per heavy atom. The number of nitrogens with zero attached hydrogens (tertiary/aromatic N) is 1. The molecule has 21 heavy (non-hydrogen) atoms. The van der Waals surface area contributed by atoms with Crippen molar-refractivity contribution in [3.63, 3.8) is 0 Å². The number of amides is 2. The van der Waals surface area contributed by atoms with Gasteiger partial charge in [-0.05, 0) is 37.0 Å². The van der Waals surface area contributed by atoms with Crippen molar-refractivity contribution in [2.24, 2.45) is 5.92 Å². The molecule has 0 spiro atoms. The smallest absolute Gasteiger partial charge is 0.335 e. The van der Waals surface area contributed by atoms with E-state index in [4.69, 9.17) is 16.7 Å². The highest BCUT2D eigenvalue weighted by molar-refractivity contribution is 6.31. The van der Waals surface area contributed by atoms with Crippen molar-refractivity contribution in [3.05, 3.63) is 28.8 Å². The topological polar surface area (TPSA) is 89.9 Å². The molecule has 114 valence electrons. The lowest BCUT2D eigenvalue weighted by Crippen LogP contribution is -2.41. The van der Waals surface area contributed by atoms with Gasteiger partial charge in [-0.15, -0.1) is 0 Å². The molecule has 1 aliphatic rings. The van der Waals surface area contributed by atoms with Crippen LogP contribution in [0.15, 0.2) is 18.2 Å². The Morgan fingerprint density at radius 3 is 2.62 bits per heavy atom. The first-order valence-corrected chi connectivity index (χ1v) is 6.97. The number of carbonyl (C=O) groups is 2. The largest absolute Gasteiger partial charge is 0.478 e. The van der Waals surface area contributed by atoms with Crippen molar-refractivity contribution in [2.75, 3.05) is 18.9 Å². The zero-order valence-corrected chi connectivity index (χ0v) is 12.3. The summed E-state index contributed by atoms with van der Waals surface area (Å²) in [6.45, 7) is 0.551. The van der Waals surface area contributed by atoms with E-state index >= 15 is 0 Å². The number of rotatable bonds is 4. The van der Waals surface area contributed by atoms with Crippen LogP contribution in [-0.4, -0.2) is 46.8 Å². The fraction of sp³-hybridized carbons (Fsp3) is 0.429. The van der Waals surface area contributed by atoms with Crippen LogP contribution in [0.3, 0.4) is 0 Å². The number of anilines is 1.